The van der Waals surface area contributed by atoms with Crippen LogP contribution in [0, 0.1) is 13.8 Å². The first kappa shape index (κ1) is 9.77. The molecule has 0 spiro atoms. The fourth-order valence-corrected chi connectivity index (χ4v) is 2.62. The molecule has 1 aromatic rings. The van der Waals surface area contributed by atoms with Crippen molar-refractivity contribution >= 4 is 17.6 Å². The summed E-state index contributed by atoms with van der Waals surface area (Å²) in [7, 11) is 0. The molecule has 2 heterocycles. The number of rotatable bonds is 2. The summed E-state index contributed by atoms with van der Waals surface area (Å²) in [5, 5.41) is 3.41. The van der Waals surface area contributed by atoms with Gasteiger partial charge in [0.05, 0.1) is 17.6 Å². The maximum Gasteiger partial charge on any atom is 0.145 e. The van der Waals surface area contributed by atoms with E-state index in [0.717, 1.165) is 17.2 Å². The molecule has 3 nitrogen and oxygen atoms in total. The molecule has 1 saturated heterocycles. The predicted octanol–water partition coefficient (Wildman–Crippen LogP) is 2.01. The van der Waals surface area contributed by atoms with E-state index in [4.69, 9.17) is 0 Å². The Kier molecular flexibility index (Phi) is 2.91. The average Bonchev–Trinajstić information content (AvgIpc) is 2.64. The van der Waals surface area contributed by atoms with Gasteiger partial charge in [0.15, 0.2) is 0 Å². The lowest BCUT2D eigenvalue weighted by Crippen LogP contribution is -2.19. The van der Waals surface area contributed by atoms with Gasteiger partial charge in [0.2, 0.25) is 0 Å². The number of thioether (sulfide) groups is 1. The third-order valence-corrected chi connectivity index (χ3v) is 3.64. The first-order valence-electron chi connectivity index (χ1n) is 4.90. The summed E-state index contributed by atoms with van der Waals surface area (Å²) < 4.78 is 0. The number of nitrogens with zero attached hydrogens (tertiary/aromatic N) is 2. The van der Waals surface area contributed by atoms with Crippen LogP contribution in [0.4, 0.5) is 5.82 Å². The second-order valence-corrected chi connectivity index (χ2v) is 4.78. The van der Waals surface area contributed by atoms with Crippen LogP contribution in [0.25, 0.3) is 0 Å². The second kappa shape index (κ2) is 4.17. The molecule has 1 fully saturated rings. The lowest BCUT2D eigenvalue weighted by atomic mass is 10.2. The van der Waals surface area contributed by atoms with Gasteiger partial charge in [-0.15, -0.1) is 0 Å². The summed E-state index contributed by atoms with van der Waals surface area (Å²) in [6, 6.07) is 0.580. The Morgan fingerprint density at radius 2 is 2.29 bits per heavy atom. The zero-order valence-corrected chi connectivity index (χ0v) is 9.40. The van der Waals surface area contributed by atoms with Gasteiger partial charge in [0.25, 0.3) is 0 Å². The number of hydrogen-bond donors (Lipinski definition) is 1. The third kappa shape index (κ3) is 2.18. The maximum absolute atomic E-state index is 4.45. The van der Waals surface area contributed by atoms with E-state index in [9.17, 15) is 0 Å². The van der Waals surface area contributed by atoms with Crippen molar-refractivity contribution in [1.82, 2.24) is 9.97 Å². The molecule has 1 N–H and O–H groups in total. The number of aryl methyl sites for hydroxylation is 2. The van der Waals surface area contributed by atoms with E-state index in [1.54, 1.807) is 0 Å². The van der Waals surface area contributed by atoms with E-state index < -0.39 is 0 Å². The molecule has 0 aromatic carbocycles. The van der Waals surface area contributed by atoms with Gasteiger partial charge >= 0.3 is 0 Å². The molecule has 0 saturated carbocycles. The Labute approximate surface area is 88.7 Å². The van der Waals surface area contributed by atoms with E-state index in [-0.39, 0.29) is 0 Å². The molecular formula is C10H15N3S. The fourth-order valence-electron chi connectivity index (χ4n) is 1.47. The van der Waals surface area contributed by atoms with Crippen molar-refractivity contribution in [2.75, 3.05) is 16.8 Å². The minimum absolute atomic E-state index is 0.580. The van der Waals surface area contributed by atoms with Crippen LogP contribution in [-0.2, 0) is 0 Å². The van der Waals surface area contributed by atoms with Crippen LogP contribution < -0.4 is 5.32 Å². The normalized spacial score (nSPS) is 21.1. The highest BCUT2D eigenvalue weighted by Crippen LogP contribution is 2.20. The molecule has 0 radical (unpaired) electrons. The molecule has 1 aliphatic heterocycles. The number of nitrogens with one attached hydrogen (secondary N) is 1. The lowest BCUT2D eigenvalue weighted by Gasteiger charge is -2.12. The van der Waals surface area contributed by atoms with Crippen molar-refractivity contribution in [2.24, 2.45) is 0 Å². The van der Waals surface area contributed by atoms with E-state index >= 15 is 0 Å². The third-order valence-electron chi connectivity index (χ3n) is 2.47. The summed E-state index contributed by atoms with van der Waals surface area (Å²) in [5.74, 6) is 3.37. The zero-order valence-electron chi connectivity index (χ0n) is 8.58. The van der Waals surface area contributed by atoms with Crippen LogP contribution in [-0.4, -0.2) is 27.5 Å². The molecule has 0 bridgehead atoms. The molecule has 4 heteroatoms. The minimum Gasteiger partial charge on any atom is -0.365 e. The van der Waals surface area contributed by atoms with Crippen LogP contribution in [0.15, 0.2) is 6.20 Å². The smallest absolute Gasteiger partial charge is 0.145 e. The van der Waals surface area contributed by atoms with Gasteiger partial charge in [-0.05, 0) is 26.0 Å². The molecule has 0 aliphatic carbocycles. The van der Waals surface area contributed by atoms with Crippen LogP contribution in [0.1, 0.15) is 17.8 Å². The monoisotopic (exact) mass is 209 g/mol. The molecule has 1 aromatic heterocycles. The molecular weight excluding hydrogens is 194 g/mol. The lowest BCUT2D eigenvalue weighted by molar-refractivity contribution is 0.802. The molecule has 1 aliphatic rings. The Morgan fingerprint density at radius 1 is 1.43 bits per heavy atom. The molecule has 76 valence electrons. The van der Waals surface area contributed by atoms with E-state index in [2.05, 4.69) is 15.3 Å². The molecule has 14 heavy (non-hydrogen) atoms. The summed E-state index contributed by atoms with van der Waals surface area (Å²) in [4.78, 5) is 8.74. The maximum atomic E-state index is 4.45. The van der Waals surface area contributed by atoms with Crippen molar-refractivity contribution in [3.05, 3.63) is 17.6 Å². The van der Waals surface area contributed by atoms with Crippen molar-refractivity contribution in [2.45, 2.75) is 26.3 Å². The molecule has 0 amide bonds. The van der Waals surface area contributed by atoms with Gasteiger partial charge in [-0.2, -0.15) is 11.8 Å². The molecule has 2 rings (SSSR count). The van der Waals surface area contributed by atoms with Crippen LogP contribution >= 0.6 is 11.8 Å². The minimum atomic E-state index is 0.580. The van der Waals surface area contributed by atoms with Crippen LogP contribution in [0.2, 0.25) is 0 Å². The average molecular weight is 209 g/mol. The number of hydrogen-bond acceptors (Lipinski definition) is 4. The van der Waals surface area contributed by atoms with Crippen LogP contribution in [0.3, 0.4) is 0 Å². The summed E-state index contributed by atoms with van der Waals surface area (Å²) >= 11 is 2.00. The Balaban J connectivity index is 2.05. The van der Waals surface area contributed by atoms with Gasteiger partial charge in [0, 0.05) is 11.8 Å². The Morgan fingerprint density at radius 3 is 2.93 bits per heavy atom. The van der Waals surface area contributed by atoms with Crippen LogP contribution in [0.5, 0.6) is 0 Å². The fraction of sp³-hybridized carbons (Fsp3) is 0.600. The topological polar surface area (TPSA) is 37.8 Å². The highest BCUT2D eigenvalue weighted by molar-refractivity contribution is 7.99. The number of aromatic nitrogens is 2. The van der Waals surface area contributed by atoms with E-state index in [1.165, 1.54) is 17.9 Å². The zero-order chi connectivity index (χ0) is 9.97. The number of anilines is 1. The van der Waals surface area contributed by atoms with Gasteiger partial charge < -0.3 is 5.32 Å². The summed E-state index contributed by atoms with van der Waals surface area (Å²) in [6.07, 6.45) is 3.06. The largest absolute Gasteiger partial charge is 0.365 e. The standard InChI is InChI=1S/C10H15N3S/c1-7-8(2)12-10(5-11-7)13-9-3-4-14-6-9/h5,9H,3-4,6H2,1-2H3,(H,12,13). The first-order chi connectivity index (χ1) is 6.75. The Bertz CT molecular complexity index is 321. The summed E-state index contributed by atoms with van der Waals surface area (Å²) in [5.41, 5.74) is 2.02. The van der Waals surface area contributed by atoms with Gasteiger partial charge in [-0.25, -0.2) is 4.98 Å². The highest BCUT2D eigenvalue weighted by atomic mass is 32.2. The highest BCUT2D eigenvalue weighted by Gasteiger charge is 2.15. The quantitative estimate of drug-likeness (QED) is 0.808. The van der Waals surface area contributed by atoms with E-state index in [0.29, 0.717) is 6.04 Å². The molecule has 1 atom stereocenters. The van der Waals surface area contributed by atoms with Gasteiger partial charge in [-0.1, -0.05) is 0 Å². The van der Waals surface area contributed by atoms with Gasteiger partial charge in [-0.3, -0.25) is 4.98 Å². The Hall–Kier alpha value is -0.770. The SMILES string of the molecule is Cc1ncc(NC2CCSC2)nc1C. The second-order valence-electron chi connectivity index (χ2n) is 3.63. The molecule has 1 unspecified atom stereocenters. The van der Waals surface area contributed by atoms with Crippen molar-refractivity contribution < 1.29 is 0 Å². The predicted molar refractivity (Wildman–Crippen MR) is 60.9 cm³/mol. The summed E-state index contributed by atoms with van der Waals surface area (Å²) in [6.45, 7) is 3.98. The van der Waals surface area contributed by atoms with Crippen molar-refractivity contribution in [3.63, 3.8) is 0 Å². The van der Waals surface area contributed by atoms with Crippen molar-refractivity contribution in [1.29, 1.82) is 0 Å². The first-order valence-corrected chi connectivity index (χ1v) is 6.05. The van der Waals surface area contributed by atoms with Crippen molar-refractivity contribution in [3.8, 4) is 0 Å². The van der Waals surface area contributed by atoms with Gasteiger partial charge in [0.1, 0.15) is 5.82 Å². The van der Waals surface area contributed by atoms with E-state index in [1.807, 2.05) is 31.8 Å².